The maximum atomic E-state index is 3.64. The van der Waals surface area contributed by atoms with Crippen molar-refractivity contribution in [3.05, 3.63) is 0 Å². The van der Waals surface area contributed by atoms with Gasteiger partial charge in [-0.05, 0) is 52.0 Å². The van der Waals surface area contributed by atoms with Gasteiger partial charge in [-0.15, -0.1) is 0 Å². The van der Waals surface area contributed by atoms with Crippen LogP contribution in [0.4, 0.5) is 0 Å². The van der Waals surface area contributed by atoms with Gasteiger partial charge < -0.3 is 5.32 Å². The Balaban J connectivity index is 1.78. The van der Waals surface area contributed by atoms with E-state index in [1.165, 1.54) is 64.6 Å². The minimum atomic E-state index is 0.708. The maximum Gasteiger partial charge on any atom is 0.0195 e. The molecule has 0 spiro atoms. The van der Waals surface area contributed by atoms with E-state index in [1.807, 2.05) is 0 Å². The molecule has 2 heteroatoms. The Bertz CT molecular complexity index is 203. The largest absolute Gasteiger partial charge is 0.313 e. The molecular formula is C15H30N2. The van der Waals surface area contributed by atoms with Crippen molar-refractivity contribution in [2.75, 3.05) is 19.6 Å². The van der Waals surface area contributed by atoms with Crippen LogP contribution in [0.3, 0.4) is 0 Å². The lowest BCUT2D eigenvalue weighted by Gasteiger charge is -2.34. The Morgan fingerprint density at radius 1 is 1.00 bits per heavy atom. The summed E-state index contributed by atoms with van der Waals surface area (Å²) >= 11 is 0. The van der Waals surface area contributed by atoms with Crippen molar-refractivity contribution in [3.63, 3.8) is 0 Å². The Kier molecular flexibility index (Phi) is 5.30. The van der Waals surface area contributed by atoms with Gasteiger partial charge in [0.2, 0.25) is 0 Å². The minimum Gasteiger partial charge on any atom is -0.313 e. The molecule has 2 aliphatic rings. The summed E-state index contributed by atoms with van der Waals surface area (Å²) in [6.45, 7) is 8.57. The fraction of sp³-hybridized carbons (Fsp3) is 1.00. The predicted molar refractivity (Wildman–Crippen MR) is 74.3 cm³/mol. The summed E-state index contributed by atoms with van der Waals surface area (Å²) in [6, 6.07) is 1.47. The highest BCUT2D eigenvalue weighted by Crippen LogP contribution is 2.25. The van der Waals surface area contributed by atoms with Gasteiger partial charge in [0.15, 0.2) is 0 Å². The smallest absolute Gasteiger partial charge is 0.0195 e. The van der Waals surface area contributed by atoms with Gasteiger partial charge in [0.1, 0.15) is 0 Å². The quantitative estimate of drug-likeness (QED) is 0.792. The molecule has 1 unspecified atom stereocenters. The van der Waals surface area contributed by atoms with E-state index in [0.29, 0.717) is 6.04 Å². The molecule has 0 amide bonds. The Labute approximate surface area is 107 Å². The topological polar surface area (TPSA) is 15.3 Å². The lowest BCUT2D eigenvalue weighted by molar-refractivity contribution is 0.153. The van der Waals surface area contributed by atoms with Crippen LogP contribution in [0.1, 0.15) is 58.8 Å². The van der Waals surface area contributed by atoms with E-state index in [-0.39, 0.29) is 0 Å². The van der Waals surface area contributed by atoms with E-state index >= 15 is 0 Å². The zero-order chi connectivity index (χ0) is 12.1. The molecule has 1 heterocycles. The van der Waals surface area contributed by atoms with Gasteiger partial charge >= 0.3 is 0 Å². The monoisotopic (exact) mass is 238 g/mol. The SMILES string of the molecule is CC(C)N(CC1CCCCC1)CC1CCCN1. The second kappa shape index (κ2) is 6.75. The van der Waals surface area contributed by atoms with Crippen molar-refractivity contribution in [1.29, 1.82) is 0 Å². The third-order valence-corrected chi connectivity index (χ3v) is 4.57. The van der Waals surface area contributed by atoms with Crippen molar-refractivity contribution >= 4 is 0 Å². The number of rotatable bonds is 5. The second-order valence-corrected chi connectivity index (χ2v) is 6.34. The van der Waals surface area contributed by atoms with E-state index in [9.17, 15) is 0 Å². The van der Waals surface area contributed by atoms with Crippen molar-refractivity contribution in [1.82, 2.24) is 10.2 Å². The molecule has 17 heavy (non-hydrogen) atoms. The first-order valence-electron chi connectivity index (χ1n) is 7.73. The van der Waals surface area contributed by atoms with Gasteiger partial charge in [0.05, 0.1) is 0 Å². The summed E-state index contributed by atoms with van der Waals surface area (Å²) in [5.41, 5.74) is 0. The molecule has 2 fully saturated rings. The van der Waals surface area contributed by atoms with Crippen LogP contribution in [-0.2, 0) is 0 Å². The van der Waals surface area contributed by atoms with Gasteiger partial charge in [-0.2, -0.15) is 0 Å². The van der Waals surface area contributed by atoms with Crippen LogP contribution < -0.4 is 5.32 Å². The molecule has 0 bridgehead atoms. The molecule has 0 radical (unpaired) electrons. The normalized spacial score (nSPS) is 27.2. The first kappa shape index (κ1) is 13.4. The third-order valence-electron chi connectivity index (χ3n) is 4.57. The first-order chi connectivity index (χ1) is 8.25. The van der Waals surface area contributed by atoms with Crippen molar-refractivity contribution < 1.29 is 0 Å². The molecule has 2 rings (SSSR count). The number of hydrogen-bond donors (Lipinski definition) is 1. The molecule has 1 saturated heterocycles. The molecule has 1 aliphatic carbocycles. The Hall–Kier alpha value is -0.0800. The predicted octanol–water partition coefficient (Wildman–Crippen LogP) is 3.03. The number of nitrogens with zero attached hydrogens (tertiary/aromatic N) is 1. The molecule has 1 aliphatic heterocycles. The summed E-state index contributed by atoms with van der Waals surface area (Å²) in [4.78, 5) is 2.72. The maximum absolute atomic E-state index is 3.64. The van der Waals surface area contributed by atoms with Gasteiger partial charge in [0.25, 0.3) is 0 Å². The van der Waals surface area contributed by atoms with Crippen LogP contribution in [0.2, 0.25) is 0 Å². The summed E-state index contributed by atoms with van der Waals surface area (Å²) < 4.78 is 0. The van der Waals surface area contributed by atoms with Crippen molar-refractivity contribution in [2.24, 2.45) is 5.92 Å². The van der Waals surface area contributed by atoms with Crippen molar-refractivity contribution in [3.8, 4) is 0 Å². The number of nitrogens with one attached hydrogen (secondary N) is 1. The molecule has 100 valence electrons. The molecular weight excluding hydrogens is 208 g/mol. The fourth-order valence-electron chi connectivity index (χ4n) is 3.39. The first-order valence-corrected chi connectivity index (χ1v) is 7.73. The lowest BCUT2D eigenvalue weighted by atomic mass is 9.88. The summed E-state index contributed by atoms with van der Waals surface area (Å²) in [6.07, 6.45) is 10.1. The molecule has 2 nitrogen and oxygen atoms in total. The molecule has 0 aromatic carbocycles. The second-order valence-electron chi connectivity index (χ2n) is 6.34. The highest BCUT2D eigenvalue weighted by atomic mass is 15.2. The van der Waals surface area contributed by atoms with Gasteiger partial charge in [0, 0.05) is 25.2 Å². The lowest BCUT2D eigenvalue weighted by Crippen LogP contribution is -2.43. The van der Waals surface area contributed by atoms with Gasteiger partial charge in [-0.1, -0.05) is 19.3 Å². The highest BCUT2D eigenvalue weighted by Gasteiger charge is 2.23. The molecule has 0 aromatic heterocycles. The van der Waals surface area contributed by atoms with E-state index in [4.69, 9.17) is 0 Å². The van der Waals surface area contributed by atoms with E-state index in [0.717, 1.165) is 12.0 Å². The van der Waals surface area contributed by atoms with E-state index < -0.39 is 0 Å². The average molecular weight is 238 g/mol. The zero-order valence-electron chi connectivity index (χ0n) is 11.8. The average Bonchev–Trinajstić information content (AvgIpc) is 2.82. The van der Waals surface area contributed by atoms with Crippen molar-refractivity contribution in [2.45, 2.75) is 70.9 Å². The van der Waals surface area contributed by atoms with E-state index in [1.54, 1.807) is 0 Å². The van der Waals surface area contributed by atoms with Crippen LogP contribution in [-0.4, -0.2) is 36.6 Å². The molecule has 0 aromatic rings. The van der Waals surface area contributed by atoms with Crippen LogP contribution in [0.25, 0.3) is 0 Å². The summed E-state index contributed by atoms with van der Waals surface area (Å²) in [5, 5.41) is 3.64. The van der Waals surface area contributed by atoms with Gasteiger partial charge in [-0.3, -0.25) is 4.90 Å². The summed E-state index contributed by atoms with van der Waals surface area (Å²) in [7, 11) is 0. The van der Waals surface area contributed by atoms with Crippen LogP contribution in [0.5, 0.6) is 0 Å². The molecule has 1 saturated carbocycles. The minimum absolute atomic E-state index is 0.708. The third kappa shape index (κ3) is 4.26. The van der Waals surface area contributed by atoms with Crippen LogP contribution >= 0.6 is 0 Å². The standard InChI is InChI=1S/C15H30N2/c1-13(2)17(12-15-9-6-10-16-15)11-14-7-4-3-5-8-14/h13-16H,3-12H2,1-2H3. The molecule has 1 atom stereocenters. The zero-order valence-corrected chi connectivity index (χ0v) is 11.8. The Morgan fingerprint density at radius 2 is 1.76 bits per heavy atom. The molecule has 1 N–H and O–H groups in total. The number of hydrogen-bond acceptors (Lipinski definition) is 2. The fourth-order valence-corrected chi connectivity index (χ4v) is 3.39. The van der Waals surface area contributed by atoms with E-state index in [2.05, 4.69) is 24.1 Å². The highest BCUT2D eigenvalue weighted by molar-refractivity contribution is 4.81. The van der Waals surface area contributed by atoms with Crippen LogP contribution in [0, 0.1) is 5.92 Å². The Morgan fingerprint density at radius 3 is 2.35 bits per heavy atom. The summed E-state index contributed by atoms with van der Waals surface area (Å²) in [5.74, 6) is 0.979. The van der Waals surface area contributed by atoms with Gasteiger partial charge in [-0.25, -0.2) is 0 Å². The van der Waals surface area contributed by atoms with Crippen LogP contribution in [0.15, 0.2) is 0 Å².